The van der Waals surface area contributed by atoms with Gasteiger partial charge in [0.2, 0.25) is 0 Å². The Balaban J connectivity index is 2.01. The van der Waals surface area contributed by atoms with Gasteiger partial charge in [0.15, 0.2) is 18.3 Å². The molecule has 0 saturated carbocycles. The number of hydrogen-bond donors (Lipinski definition) is 1. The van der Waals surface area contributed by atoms with Gasteiger partial charge < -0.3 is 24.2 Å². The summed E-state index contributed by atoms with van der Waals surface area (Å²) in [7, 11) is 5.33. The van der Waals surface area contributed by atoms with Gasteiger partial charge >= 0.3 is 0 Å². The molecule has 0 radical (unpaired) electrons. The molecule has 1 aliphatic heterocycles. The number of fused-ring (bicyclic) bond motifs is 1. The van der Waals surface area contributed by atoms with Crippen LogP contribution in [0.4, 0.5) is 0 Å². The second-order valence-corrected chi connectivity index (χ2v) is 6.33. The van der Waals surface area contributed by atoms with Crippen molar-refractivity contribution in [1.29, 1.82) is 0 Å². The second kappa shape index (κ2) is 6.42. The molecule has 1 saturated heterocycles. The van der Waals surface area contributed by atoms with Gasteiger partial charge in [0.05, 0.1) is 13.2 Å². The molecule has 5 heteroatoms. The molecule has 1 aromatic carbocycles. The van der Waals surface area contributed by atoms with E-state index in [0.717, 1.165) is 25.8 Å². The van der Waals surface area contributed by atoms with Crippen LogP contribution >= 0.6 is 0 Å². The Morgan fingerprint density at radius 2 is 2.09 bits per heavy atom. The summed E-state index contributed by atoms with van der Waals surface area (Å²) < 4.78 is 16.1. The van der Waals surface area contributed by atoms with E-state index in [-0.39, 0.29) is 18.3 Å². The minimum Gasteiger partial charge on any atom is -0.493 e. The SMILES string of the molecule is COCOc1cc([C@@]23CC[C@H](O)C=C2N(C)CC3)ccc1OC. The largest absolute Gasteiger partial charge is 0.493 e. The summed E-state index contributed by atoms with van der Waals surface area (Å²) in [4.78, 5) is 2.25. The third-order valence-electron chi connectivity index (χ3n) is 5.04. The molecule has 3 rings (SSSR count). The van der Waals surface area contributed by atoms with Gasteiger partial charge in [-0.3, -0.25) is 0 Å². The van der Waals surface area contributed by atoms with Gasteiger partial charge in [-0.1, -0.05) is 6.07 Å². The number of aliphatic hydroxyl groups excluding tert-OH is 1. The van der Waals surface area contributed by atoms with E-state index in [9.17, 15) is 5.11 Å². The van der Waals surface area contributed by atoms with Crippen LogP contribution in [0.1, 0.15) is 24.8 Å². The van der Waals surface area contributed by atoms with E-state index in [1.807, 2.05) is 12.1 Å². The fraction of sp³-hybridized carbons (Fsp3) is 0.556. The molecule has 5 nitrogen and oxygen atoms in total. The number of aliphatic hydroxyl groups is 1. The van der Waals surface area contributed by atoms with Gasteiger partial charge in [-0.2, -0.15) is 0 Å². The molecular formula is C18H25NO4. The van der Waals surface area contributed by atoms with Crippen molar-refractivity contribution in [1.82, 2.24) is 4.90 Å². The van der Waals surface area contributed by atoms with Crippen LogP contribution in [0.15, 0.2) is 30.0 Å². The summed E-state index contributed by atoms with van der Waals surface area (Å²) in [5.74, 6) is 1.40. The summed E-state index contributed by atoms with van der Waals surface area (Å²) in [5, 5.41) is 10.0. The Hall–Kier alpha value is -1.72. The van der Waals surface area contributed by atoms with Gasteiger partial charge in [-0.15, -0.1) is 0 Å². The zero-order valence-electron chi connectivity index (χ0n) is 14.0. The Morgan fingerprint density at radius 1 is 1.26 bits per heavy atom. The molecule has 1 fully saturated rings. The summed E-state index contributed by atoms with van der Waals surface area (Å²) in [6.07, 6.45) is 4.45. The number of rotatable bonds is 5. The van der Waals surface area contributed by atoms with Crippen molar-refractivity contribution in [2.24, 2.45) is 0 Å². The van der Waals surface area contributed by atoms with Crippen LogP contribution in [-0.2, 0) is 10.2 Å². The van der Waals surface area contributed by atoms with Crippen molar-refractivity contribution in [3.8, 4) is 11.5 Å². The topological polar surface area (TPSA) is 51.2 Å². The van der Waals surface area contributed by atoms with E-state index >= 15 is 0 Å². The zero-order valence-corrected chi connectivity index (χ0v) is 14.0. The minimum absolute atomic E-state index is 0.0363. The fourth-order valence-electron chi connectivity index (χ4n) is 3.82. The number of methoxy groups -OCH3 is 2. The molecule has 2 atom stereocenters. The lowest BCUT2D eigenvalue weighted by Crippen LogP contribution is -2.33. The number of likely N-dealkylation sites (N-methyl/N-ethyl adjacent to an activating group) is 1. The van der Waals surface area contributed by atoms with Crippen molar-refractivity contribution in [2.45, 2.75) is 30.8 Å². The fourth-order valence-corrected chi connectivity index (χ4v) is 3.82. The Bertz CT molecular complexity index is 601. The lowest BCUT2D eigenvalue weighted by atomic mass is 9.70. The molecule has 1 N–H and O–H groups in total. The number of benzene rings is 1. The highest BCUT2D eigenvalue weighted by atomic mass is 16.7. The molecule has 0 aromatic heterocycles. The molecule has 2 aliphatic rings. The lowest BCUT2D eigenvalue weighted by Gasteiger charge is -2.37. The highest BCUT2D eigenvalue weighted by molar-refractivity contribution is 5.49. The monoisotopic (exact) mass is 319 g/mol. The number of hydrogen-bond acceptors (Lipinski definition) is 5. The van der Waals surface area contributed by atoms with Gasteiger partial charge in [0.25, 0.3) is 0 Å². The third-order valence-corrected chi connectivity index (χ3v) is 5.04. The Morgan fingerprint density at radius 3 is 2.83 bits per heavy atom. The number of allylic oxidation sites excluding steroid dienone is 1. The predicted octanol–water partition coefficient (Wildman–Crippen LogP) is 2.29. The second-order valence-electron chi connectivity index (χ2n) is 6.33. The maximum Gasteiger partial charge on any atom is 0.188 e. The average Bonchev–Trinajstić information content (AvgIpc) is 2.90. The minimum atomic E-state index is -0.346. The van der Waals surface area contributed by atoms with Crippen molar-refractivity contribution in [3.05, 3.63) is 35.5 Å². The van der Waals surface area contributed by atoms with Gasteiger partial charge in [-0.25, -0.2) is 0 Å². The Kier molecular flexibility index (Phi) is 4.50. The van der Waals surface area contributed by atoms with Crippen LogP contribution in [0, 0.1) is 0 Å². The standard InChI is InChI=1S/C18H25NO4/c1-19-9-8-18(7-6-14(20)11-17(18)19)13-4-5-15(22-3)16(10-13)23-12-21-2/h4-5,10-11,14,20H,6-9,12H2,1-3H3/t14-,18-/m0/s1. The van der Waals surface area contributed by atoms with Gasteiger partial charge in [0, 0.05) is 31.8 Å². The summed E-state index contributed by atoms with van der Waals surface area (Å²) in [6.45, 7) is 1.19. The highest BCUT2D eigenvalue weighted by Gasteiger charge is 2.45. The van der Waals surface area contributed by atoms with Crippen LogP contribution in [0.2, 0.25) is 0 Å². The van der Waals surface area contributed by atoms with E-state index in [1.165, 1.54) is 11.3 Å². The van der Waals surface area contributed by atoms with E-state index in [0.29, 0.717) is 11.5 Å². The molecule has 1 aromatic rings. The first-order valence-corrected chi connectivity index (χ1v) is 8.02. The molecule has 0 spiro atoms. The first-order chi connectivity index (χ1) is 11.1. The Labute approximate surface area is 137 Å². The molecule has 126 valence electrons. The first-order valence-electron chi connectivity index (χ1n) is 8.02. The van der Waals surface area contributed by atoms with Crippen LogP contribution in [0.5, 0.6) is 11.5 Å². The lowest BCUT2D eigenvalue weighted by molar-refractivity contribution is 0.0490. The third kappa shape index (κ3) is 2.79. The van der Waals surface area contributed by atoms with Crippen molar-refractivity contribution < 1.29 is 19.3 Å². The van der Waals surface area contributed by atoms with Crippen LogP contribution < -0.4 is 9.47 Å². The summed E-state index contributed by atoms with van der Waals surface area (Å²) >= 11 is 0. The van der Waals surface area contributed by atoms with E-state index in [2.05, 4.69) is 24.1 Å². The van der Waals surface area contributed by atoms with Gasteiger partial charge in [-0.05, 0) is 43.0 Å². The highest BCUT2D eigenvalue weighted by Crippen LogP contribution is 2.50. The molecule has 0 unspecified atom stereocenters. The quantitative estimate of drug-likeness (QED) is 0.844. The van der Waals surface area contributed by atoms with Crippen LogP contribution in [-0.4, -0.2) is 50.7 Å². The van der Waals surface area contributed by atoms with Crippen LogP contribution in [0.3, 0.4) is 0 Å². The van der Waals surface area contributed by atoms with Crippen molar-refractivity contribution in [3.63, 3.8) is 0 Å². The predicted molar refractivity (Wildman–Crippen MR) is 87.7 cm³/mol. The molecule has 0 bridgehead atoms. The number of ether oxygens (including phenoxy) is 3. The van der Waals surface area contributed by atoms with E-state index in [1.54, 1.807) is 14.2 Å². The number of likely N-dealkylation sites (tertiary alicyclic amines) is 1. The van der Waals surface area contributed by atoms with Crippen LogP contribution in [0.25, 0.3) is 0 Å². The maximum atomic E-state index is 10.0. The van der Waals surface area contributed by atoms with E-state index < -0.39 is 0 Å². The van der Waals surface area contributed by atoms with Gasteiger partial charge in [0.1, 0.15) is 0 Å². The first kappa shape index (κ1) is 16.1. The van der Waals surface area contributed by atoms with Crippen molar-refractivity contribution in [2.75, 3.05) is 34.6 Å². The average molecular weight is 319 g/mol. The molecule has 23 heavy (non-hydrogen) atoms. The molecule has 1 aliphatic carbocycles. The molecule has 1 heterocycles. The smallest absolute Gasteiger partial charge is 0.188 e. The molecule has 0 amide bonds. The molecular weight excluding hydrogens is 294 g/mol. The summed E-state index contributed by atoms with van der Waals surface area (Å²) in [6, 6.07) is 6.13. The zero-order chi connectivity index (χ0) is 16.4. The van der Waals surface area contributed by atoms with E-state index in [4.69, 9.17) is 14.2 Å². The van der Waals surface area contributed by atoms with Crippen molar-refractivity contribution >= 4 is 0 Å². The summed E-state index contributed by atoms with van der Waals surface area (Å²) in [5.41, 5.74) is 2.40. The normalized spacial score (nSPS) is 26.7. The number of nitrogens with zero attached hydrogens (tertiary/aromatic N) is 1. The maximum absolute atomic E-state index is 10.0.